The van der Waals surface area contributed by atoms with Gasteiger partial charge in [-0.3, -0.25) is 4.31 Å². The topological polar surface area (TPSA) is 102 Å². The van der Waals surface area contributed by atoms with E-state index in [2.05, 4.69) is 4.72 Å². The summed E-state index contributed by atoms with van der Waals surface area (Å²) in [7, 11) is -5.94. The Morgan fingerprint density at radius 1 is 1.10 bits per heavy atom. The van der Waals surface area contributed by atoms with E-state index >= 15 is 0 Å². The van der Waals surface area contributed by atoms with Crippen molar-refractivity contribution in [3.8, 4) is 11.5 Å². The number of hydrogen-bond acceptors (Lipinski definition) is 6. The summed E-state index contributed by atoms with van der Waals surface area (Å²) in [6.07, 6.45) is 1.32. The summed E-state index contributed by atoms with van der Waals surface area (Å²) in [4.78, 5) is -0.0995. The molecule has 10 heteroatoms. The highest BCUT2D eigenvalue weighted by Gasteiger charge is 2.28. The number of para-hydroxylation sites is 1. The third kappa shape index (κ3) is 4.88. The van der Waals surface area contributed by atoms with E-state index in [0.29, 0.717) is 30.0 Å². The minimum Gasteiger partial charge on any atom is -0.496 e. The second-order valence-corrected chi connectivity index (χ2v) is 10.5. The number of anilines is 1. The van der Waals surface area contributed by atoms with Gasteiger partial charge in [-0.2, -0.15) is 0 Å². The zero-order valence-electron chi connectivity index (χ0n) is 17.0. The highest BCUT2D eigenvalue weighted by atomic mass is 32.2. The smallest absolute Gasteiger partial charge is 0.244 e. The van der Waals surface area contributed by atoms with Crippen LogP contribution in [0.3, 0.4) is 0 Å². The van der Waals surface area contributed by atoms with Crippen LogP contribution in [0.5, 0.6) is 11.5 Å². The molecule has 1 N–H and O–H groups in total. The number of benzene rings is 2. The summed E-state index contributed by atoms with van der Waals surface area (Å²) < 4.78 is 65.7. The fourth-order valence-electron chi connectivity index (χ4n) is 3.32. The Bertz CT molecular complexity index is 1100. The molecular weight excluding hydrogens is 428 g/mol. The van der Waals surface area contributed by atoms with Crippen molar-refractivity contribution >= 4 is 25.7 Å². The van der Waals surface area contributed by atoms with Crippen molar-refractivity contribution in [1.29, 1.82) is 0 Å². The summed E-state index contributed by atoms with van der Waals surface area (Å²) in [6.45, 7) is 2.37. The number of rotatable bonds is 8. The van der Waals surface area contributed by atoms with Gasteiger partial charge in [-0.15, -0.1) is 0 Å². The summed E-state index contributed by atoms with van der Waals surface area (Å²) in [6, 6.07) is 11.5. The van der Waals surface area contributed by atoms with Crippen LogP contribution in [-0.4, -0.2) is 42.8 Å². The first-order valence-electron chi connectivity index (χ1n) is 9.67. The molecule has 0 bridgehead atoms. The van der Waals surface area contributed by atoms with Crippen LogP contribution in [0.15, 0.2) is 47.4 Å². The molecule has 0 aromatic heterocycles. The van der Waals surface area contributed by atoms with Crippen molar-refractivity contribution in [3.05, 3.63) is 48.0 Å². The van der Waals surface area contributed by atoms with Crippen LogP contribution in [0.1, 0.15) is 25.3 Å². The van der Waals surface area contributed by atoms with Crippen molar-refractivity contribution < 1.29 is 26.3 Å². The molecular formula is C20H26N2O6S2. The fraction of sp³-hybridized carbons (Fsp3) is 0.400. The van der Waals surface area contributed by atoms with E-state index in [9.17, 15) is 16.8 Å². The molecule has 0 aliphatic carbocycles. The molecule has 1 aliphatic heterocycles. The molecule has 0 radical (unpaired) electrons. The Labute approximate surface area is 177 Å². The molecule has 0 saturated carbocycles. The van der Waals surface area contributed by atoms with Crippen LogP contribution in [0.4, 0.5) is 5.69 Å². The van der Waals surface area contributed by atoms with Crippen LogP contribution in [-0.2, 0) is 26.6 Å². The second kappa shape index (κ2) is 9.23. The molecule has 1 heterocycles. The van der Waals surface area contributed by atoms with Crippen molar-refractivity contribution in [2.45, 2.75) is 31.2 Å². The maximum absolute atomic E-state index is 13.1. The maximum atomic E-state index is 13.1. The Kier molecular flexibility index (Phi) is 6.89. The lowest BCUT2D eigenvalue weighted by atomic mass is 10.2. The number of hydrogen-bond donors (Lipinski definition) is 1. The van der Waals surface area contributed by atoms with E-state index in [0.717, 1.165) is 6.42 Å². The quantitative estimate of drug-likeness (QED) is 0.658. The van der Waals surface area contributed by atoms with Gasteiger partial charge in [0.25, 0.3) is 0 Å². The minimum atomic E-state index is -3.99. The molecule has 0 amide bonds. The third-order valence-corrected chi connectivity index (χ3v) is 8.09. The Balaban J connectivity index is 1.95. The van der Waals surface area contributed by atoms with Crippen LogP contribution >= 0.6 is 0 Å². The van der Waals surface area contributed by atoms with E-state index in [1.165, 1.54) is 23.5 Å². The molecule has 0 spiro atoms. The zero-order valence-corrected chi connectivity index (χ0v) is 18.6. The van der Waals surface area contributed by atoms with Gasteiger partial charge in [-0.05, 0) is 44.0 Å². The number of nitrogens with zero attached hydrogens (tertiary/aromatic N) is 1. The highest BCUT2D eigenvalue weighted by Crippen LogP contribution is 2.32. The van der Waals surface area contributed by atoms with Crippen molar-refractivity contribution in [1.82, 2.24) is 4.72 Å². The van der Waals surface area contributed by atoms with Gasteiger partial charge in [0.15, 0.2) is 0 Å². The van der Waals surface area contributed by atoms with E-state index in [4.69, 9.17) is 9.47 Å². The van der Waals surface area contributed by atoms with Crippen LogP contribution in [0.2, 0.25) is 0 Å². The van der Waals surface area contributed by atoms with Crippen LogP contribution < -0.4 is 18.5 Å². The van der Waals surface area contributed by atoms with E-state index in [1.54, 1.807) is 37.3 Å². The minimum absolute atomic E-state index is 0.0180. The van der Waals surface area contributed by atoms with Gasteiger partial charge in [-0.1, -0.05) is 18.2 Å². The average Bonchev–Trinajstić information content (AvgIpc) is 2.73. The lowest BCUT2D eigenvalue weighted by Crippen LogP contribution is -2.38. The van der Waals surface area contributed by atoms with Gasteiger partial charge in [0.05, 0.1) is 25.2 Å². The number of ether oxygens (including phenoxy) is 2. The van der Waals surface area contributed by atoms with Crippen molar-refractivity contribution in [2.24, 2.45) is 0 Å². The average molecular weight is 455 g/mol. The first-order chi connectivity index (χ1) is 14.3. The molecule has 1 fully saturated rings. The predicted molar refractivity (Wildman–Crippen MR) is 115 cm³/mol. The predicted octanol–water partition coefficient (Wildman–Crippen LogP) is 2.50. The Morgan fingerprint density at radius 2 is 1.87 bits per heavy atom. The second-order valence-electron chi connectivity index (χ2n) is 6.80. The normalized spacial score (nSPS) is 16.3. The number of nitrogens with one attached hydrogen (secondary N) is 1. The lowest BCUT2D eigenvalue weighted by Gasteiger charge is -2.28. The first-order valence-corrected chi connectivity index (χ1v) is 12.8. The fourth-order valence-corrected chi connectivity index (χ4v) is 6.12. The van der Waals surface area contributed by atoms with Crippen LogP contribution in [0.25, 0.3) is 0 Å². The molecule has 2 aromatic carbocycles. The molecule has 0 unspecified atom stereocenters. The van der Waals surface area contributed by atoms with Crippen molar-refractivity contribution in [2.75, 3.05) is 30.3 Å². The van der Waals surface area contributed by atoms with E-state index < -0.39 is 20.0 Å². The summed E-state index contributed by atoms with van der Waals surface area (Å²) >= 11 is 0. The molecule has 2 aromatic rings. The molecule has 1 saturated heterocycles. The largest absolute Gasteiger partial charge is 0.496 e. The monoisotopic (exact) mass is 454 g/mol. The van der Waals surface area contributed by atoms with Gasteiger partial charge >= 0.3 is 0 Å². The van der Waals surface area contributed by atoms with Gasteiger partial charge in [0, 0.05) is 18.7 Å². The standard InChI is InChI=1S/C20H26N2O6S2/c1-3-28-19-11-10-17(22-12-6-7-13-29(22,23)24)14-20(19)30(25,26)21-15-16-8-4-5-9-18(16)27-2/h4-5,8-11,14,21H,3,6-7,12-13,15H2,1-2H3. The molecule has 0 atom stereocenters. The summed E-state index contributed by atoms with van der Waals surface area (Å²) in [5, 5.41) is 0. The van der Waals surface area contributed by atoms with E-state index in [1.807, 2.05) is 0 Å². The zero-order chi connectivity index (χ0) is 21.8. The molecule has 8 nitrogen and oxygen atoms in total. The van der Waals surface area contributed by atoms with Crippen LogP contribution in [0, 0.1) is 0 Å². The molecule has 1 aliphatic rings. The third-order valence-electron chi connectivity index (χ3n) is 4.80. The molecule has 164 valence electrons. The number of sulfonamides is 2. The highest BCUT2D eigenvalue weighted by molar-refractivity contribution is 7.92. The lowest BCUT2D eigenvalue weighted by molar-refractivity contribution is 0.331. The van der Waals surface area contributed by atoms with E-state index in [-0.39, 0.29) is 29.5 Å². The van der Waals surface area contributed by atoms with Gasteiger partial charge in [0.2, 0.25) is 20.0 Å². The van der Waals surface area contributed by atoms with Gasteiger partial charge < -0.3 is 9.47 Å². The Morgan fingerprint density at radius 3 is 2.57 bits per heavy atom. The molecule has 30 heavy (non-hydrogen) atoms. The first kappa shape index (κ1) is 22.4. The molecule has 3 rings (SSSR count). The number of methoxy groups -OCH3 is 1. The maximum Gasteiger partial charge on any atom is 0.244 e. The Hall–Kier alpha value is -2.30. The summed E-state index contributed by atoms with van der Waals surface area (Å²) in [5.41, 5.74) is 0.993. The van der Waals surface area contributed by atoms with Gasteiger partial charge in [-0.25, -0.2) is 21.6 Å². The SMILES string of the molecule is CCOc1ccc(N2CCCCS2(=O)=O)cc1S(=O)(=O)NCc1ccccc1OC. The van der Waals surface area contributed by atoms with Gasteiger partial charge in [0.1, 0.15) is 16.4 Å². The van der Waals surface area contributed by atoms with Crippen molar-refractivity contribution in [3.63, 3.8) is 0 Å². The summed E-state index contributed by atoms with van der Waals surface area (Å²) in [5.74, 6) is 0.788.